The third-order valence-electron chi connectivity index (χ3n) is 5.35. The number of carbonyl (C=O) groups is 2. The highest BCUT2D eigenvalue weighted by atomic mass is 32.2. The number of amides is 2. The molecule has 0 aromatic heterocycles. The van der Waals surface area contributed by atoms with E-state index in [9.17, 15) is 18.0 Å². The minimum atomic E-state index is -3.54. The number of hydrogen-bond acceptors (Lipinski definition) is 5. The number of fused-ring (bicyclic) bond motifs is 1. The number of carbonyl (C=O) groups excluding carboxylic acids is 2. The highest BCUT2D eigenvalue weighted by molar-refractivity contribution is 7.89. The molecular weight excluding hydrogens is 394 g/mol. The van der Waals surface area contributed by atoms with E-state index < -0.39 is 16.1 Å². The van der Waals surface area contributed by atoms with Gasteiger partial charge in [0.2, 0.25) is 21.8 Å². The van der Waals surface area contributed by atoms with Gasteiger partial charge in [-0.15, -0.1) is 0 Å². The maximum Gasteiger partial charge on any atom is 0.243 e. The Hall–Kier alpha value is -1.97. The molecule has 2 heterocycles. The van der Waals surface area contributed by atoms with Crippen LogP contribution in [0.4, 0.5) is 5.69 Å². The molecule has 0 radical (unpaired) electrons. The zero-order valence-corrected chi connectivity index (χ0v) is 17.8. The van der Waals surface area contributed by atoms with Gasteiger partial charge >= 0.3 is 0 Å². The molecule has 2 aliphatic rings. The van der Waals surface area contributed by atoms with Crippen LogP contribution in [-0.2, 0) is 30.8 Å². The lowest BCUT2D eigenvalue weighted by Crippen LogP contribution is -2.47. The van der Waals surface area contributed by atoms with E-state index in [2.05, 4.69) is 5.32 Å². The van der Waals surface area contributed by atoms with Gasteiger partial charge in [-0.1, -0.05) is 0 Å². The van der Waals surface area contributed by atoms with Crippen molar-refractivity contribution >= 4 is 27.5 Å². The van der Waals surface area contributed by atoms with E-state index in [4.69, 9.17) is 4.74 Å². The minimum Gasteiger partial charge on any atom is -0.382 e. The second-order valence-electron chi connectivity index (χ2n) is 7.35. The molecule has 2 aliphatic heterocycles. The Balaban J connectivity index is 1.76. The van der Waals surface area contributed by atoms with Gasteiger partial charge in [0.15, 0.2) is 0 Å². The smallest absolute Gasteiger partial charge is 0.243 e. The van der Waals surface area contributed by atoms with Crippen molar-refractivity contribution in [2.24, 2.45) is 0 Å². The zero-order valence-electron chi connectivity index (χ0n) is 17.0. The molecule has 0 bridgehead atoms. The van der Waals surface area contributed by atoms with Crippen LogP contribution in [0.2, 0.25) is 0 Å². The van der Waals surface area contributed by atoms with Gasteiger partial charge in [0, 0.05) is 51.9 Å². The molecule has 0 saturated carbocycles. The third kappa shape index (κ3) is 4.62. The highest BCUT2D eigenvalue weighted by Crippen LogP contribution is 2.35. The standard InChI is InChI=1S/C20H29N3O5S/c1-3-28-12-6-9-21-20(25)19-14-16-13-17(7-8-18(16)23(19)15(2)24)29(26,27)22-10-4-5-11-22/h7-8,13,19H,3-6,9-12,14H2,1-2H3,(H,21,25)/t19-/m1/s1. The molecule has 9 heteroatoms. The lowest BCUT2D eigenvalue weighted by atomic mass is 10.1. The van der Waals surface area contributed by atoms with Crippen molar-refractivity contribution in [2.45, 2.75) is 50.5 Å². The van der Waals surface area contributed by atoms with Gasteiger partial charge in [-0.25, -0.2) is 8.42 Å². The first-order valence-corrected chi connectivity index (χ1v) is 11.6. The Morgan fingerprint density at radius 3 is 2.62 bits per heavy atom. The van der Waals surface area contributed by atoms with Gasteiger partial charge in [0.05, 0.1) is 4.90 Å². The average molecular weight is 424 g/mol. The first kappa shape index (κ1) is 21.7. The number of nitrogens with one attached hydrogen (secondary N) is 1. The molecule has 160 valence electrons. The van der Waals surface area contributed by atoms with E-state index in [0.29, 0.717) is 56.9 Å². The number of ether oxygens (including phenoxy) is 1. The lowest BCUT2D eigenvalue weighted by Gasteiger charge is -2.23. The van der Waals surface area contributed by atoms with Crippen molar-refractivity contribution in [3.05, 3.63) is 23.8 Å². The monoisotopic (exact) mass is 423 g/mol. The molecule has 0 unspecified atom stereocenters. The summed E-state index contributed by atoms with van der Waals surface area (Å²) in [6.45, 7) is 6.06. The fourth-order valence-electron chi connectivity index (χ4n) is 3.91. The molecule has 0 aliphatic carbocycles. The molecule has 1 fully saturated rings. The van der Waals surface area contributed by atoms with Gasteiger partial charge in [0.1, 0.15) is 6.04 Å². The molecule has 0 spiro atoms. The molecule has 1 saturated heterocycles. The van der Waals surface area contributed by atoms with Crippen LogP contribution in [0.3, 0.4) is 0 Å². The van der Waals surface area contributed by atoms with Crippen LogP contribution in [0, 0.1) is 0 Å². The van der Waals surface area contributed by atoms with E-state index in [1.54, 1.807) is 12.1 Å². The fraction of sp³-hybridized carbons (Fsp3) is 0.600. The number of anilines is 1. The predicted molar refractivity (Wildman–Crippen MR) is 109 cm³/mol. The second-order valence-corrected chi connectivity index (χ2v) is 9.29. The minimum absolute atomic E-state index is 0.222. The number of rotatable bonds is 8. The van der Waals surface area contributed by atoms with Crippen LogP contribution in [0.15, 0.2) is 23.1 Å². The summed E-state index contributed by atoms with van der Waals surface area (Å²) < 4.78 is 32.5. The summed E-state index contributed by atoms with van der Waals surface area (Å²) in [4.78, 5) is 26.6. The van der Waals surface area contributed by atoms with Crippen molar-refractivity contribution in [1.82, 2.24) is 9.62 Å². The summed E-state index contributed by atoms with van der Waals surface area (Å²) in [5, 5.41) is 2.85. The van der Waals surface area contributed by atoms with Gasteiger partial charge in [-0.3, -0.25) is 14.5 Å². The molecule has 1 N–H and O–H groups in total. The van der Waals surface area contributed by atoms with Gasteiger partial charge in [-0.05, 0) is 49.9 Å². The van der Waals surface area contributed by atoms with Crippen LogP contribution in [0.1, 0.15) is 38.7 Å². The van der Waals surface area contributed by atoms with Gasteiger partial charge in [-0.2, -0.15) is 4.31 Å². The lowest BCUT2D eigenvalue weighted by molar-refractivity contribution is -0.125. The topological polar surface area (TPSA) is 96.0 Å². The second kappa shape index (κ2) is 9.23. The van der Waals surface area contributed by atoms with E-state index >= 15 is 0 Å². The first-order valence-electron chi connectivity index (χ1n) is 10.1. The van der Waals surface area contributed by atoms with Crippen molar-refractivity contribution in [2.75, 3.05) is 37.7 Å². The zero-order chi connectivity index (χ0) is 21.0. The van der Waals surface area contributed by atoms with E-state index in [1.807, 2.05) is 6.92 Å². The maximum atomic E-state index is 12.8. The SMILES string of the molecule is CCOCCCNC(=O)[C@H]1Cc2cc(S(=O)(=O)N3CCCC3)ccc2N1C(C)=O. The molecule has 8 nitrogen and oxygen atoms in total. The summed E-state index contributed by atoms with van der Waals surface area (Å²) in [6, 6.07) is 4.12. The van der Waals surface area contributed by atoms with Crippen molar-refractivity contribution in [1.29, 1.82) is 0 Å². The Morgan fingerprint density at radius 1 is 1.24 bits per heavy atom. The molecule has 29 heavy (non-hydrogen) atoms. The summed E-state index contributed by atoms with van der Waals surface area (Å²) >= 11 is 0. The molecule has 3 rings (SSSR count). The maximum absolute atomic E-state index is 12.8. The van der Waals surface area contributed by atoms with Crippen LogP contribution in [-0.4, -0.2) is 63.4 Å². The third-order valence-corrected chi connectivity index (χ3v) is 7.24. The van der Waals surface area contributed by atoms with Gasteiger partial charge < -0.3 is 10.1 Å². The molecule has 1 aromatic carbocycles. The van der Waals surface area contributed by atoms with E-state index in [1.165, 1.54) is 22.2 Å². The average Bonchev–Trinajstić information content (AvgIpc) is 3.35. The molecular formula is C20H29N3O5S. The summed E-state index contributed by atoms with van der Waals surface area (Å²) in [6.07, 6.45) is 2.73. The summed E-state index contributed by atoms with van der Waals surface area (Å²) in [5.74, 6) is -0.481. The Bertz CT molecular complexity index is 865. The van der Waals surface area contributed by atoms with Crippen LogP contribution in [0.25, 0.3) is 0 Å². The van der Waals surface area contributed by atoms with Gasteiger partial charge in [0.25, 0.3) is 0 Å². The first-order chi connectivity index (χ1) is 13.9. The largest absolute Gasteiger partial charge is 0.382 e. The summed E-state index contributed by atoms with van der Waals surface area (Å²) in [5.41, 5.74) is 1.31. The molecule has 1 aromatic rings. The Kier molecular flexibility index (Phi) is 6.92. The number of benzene rings is 1. The van der Waals surface area contributed by atoms with Crippen LogP contribution < -0.4 is 10.2 Å². The molecule has 2 amide bonds. The van der Waals surface area contributed by atoms with Crippen LogP contribution >= 0.6 is 0 Å². The molecule has 1 atom stereocenters. The number of hydrogen-bond donors (Lipinski definition) is 1. The Morgan fingerprint density at radius 2 is 1.97 bits per heavy atom. The van der Waals surface area contributed by atoms with E-state index in [-0.39, 0.29) is 16.7 Å². The van der Waals surface area contributed by atoms with Crippen LogP contribution in [0.5, 0.6) is 0 Å². The normalized spacial score (nSPS) is 19.4. The predicted octanol–water partition coefficient (Wildman–Crippen LogP) is 1.29. The fourth-order valence-corrected chi connectivity index (χ4v) is 5.48. The summed E-state index contributed by atoms with van der Waals surface area (Å²) in [7, 11) is -3.54. The van der Waals surface area contributed by atoms with E-state index in [0.717, 1.165) is 12.8 Å². The van der Waals surface area contributed by atoms with Crippen molar-refractivity contribution < 1.29 is 22.7 Å². The highest BCUT2D eigenvalue weighted by Gasteiger charge is 2.38. The number of nitrogens with zero attached hydrogens (tertiary/aromatic N) is 2. The van der Waals surface area contributed by atoms with Crippen molar-refractivity contribution in [3.63, 3.8) is 0 Å². The van der Waals surface area contributed by atoms with Crippen molar-refractivity contribution in [3.8, 4) is 0 Å². The number of sulfonamides is 1. The Labute approximate surface area is 172 Å². The quantitative estimate of drug-likeness (QED) is 0.636.